The third-order valence-electron chi connectivity index (χ3n) is 6.83. The molecule has 0 radical (unpaired) electrons. The standard InChI is InChI=1S/C25H29N5O/c1-30-10-8-18(9-11-30)24(31)29-25-27-16-20-7-6-19(13-23(20)28-25)22-12-21(14-26-15-22)17-4-2-3-5-17/h6-7,12-18H,2-5,8-11H2,1H3,(H,27,28,29,31). The Morgan fingerprint density at radius 2 is 1.81 bits per heavy atom. The lowest BCUT2D eigenvalue weighted by Gasteiger charge is -2.27. The zero-order valence-electron chi connectivity index (χ0n) is 18.1. The van der Waals surface area contributed by atoms with E-state index >= 15 is 0 Å². The van der Waals surface area contributed by atoms with Gasteiger partial charge in [-0.05, 0) is 75.0 Å². The highest BCUT2D eigenvalue weighted by molar-refractivity contribution is 5.92. The zero-order chi connectivity index (χ0) is 21.2. The monoisotopic (exact) mass is 415 g/mol. The molecule has 6 nitrogen and oxygen atoms in total. The summed E-state index contributed by atoms with van der Waals surface area (Å²) in [6.07, 6.45) is 12.6. The highest BCUT2D eigenvalue weighted by Crippen LogP contribution is 2.35. The lowest BCUT2D eigenvalue weighted by Crippen LogP contribution is -2.36. The van der Waals surface area contributed by atoms with Crippen molar-refractivity contribution in [2.24, 2.45) is 5.92 Å². The Labute approximate surface area is 183 Å². The number of rotatable bonds is 4. The first-order valence-corrected chi connectivity index (χ1v) is 11.4. The molecule has 1 saturated heterocycles. The van der Waals surface area contributed by atoms with E-state index in [1.165, 1.54) is 31.2 Å². The van der Waals surface area contributed by atoms with Crippen molar-refractivity contribution in [3.05, 3.63) is 48.4 Å². The van der Waals surface area contributed by atoms with Crippen molar-refractivity contribution in [2.45, 2.75) is 44.4 Å². The number of pyridine rings is 1. The predicted octanol–water partition coefficient (Wildman–Crippen LogP) is 4.63. The van der Waals surface area contributed by atoms with Crippen molar-refractivity contribution in [2.75, 3.05) is 25.5 Å². The van der Waals surface area contributed by atoms with Crippen LogP contribution in [0.25, 0.3) is 22.0 Å². The van der Waals surface area contributed by atoms with Gasteiger partial charge in [-0.2, -0.15) is 0 Å². The number of piperidine rings is 1. The third kappa shape index (κ3) is 4.44. The van der Waals surface area contributed by atoms with Crippen molar-refractivity contribution >= 4 is 22.8 Å². The maximum atomic E-state index is 12.6. The number of carbonyl (C=O) groups is 1. The van der Waals surface area contributed by atoms with Crippen molar-refractivity contribution in [3.8, 4) is 11.1 Å². The number of nitrogens with one attached hydrogen (secondary N) is 1. The van der Waals surface area contributed by atoms with Crippen molar-refractivity contribution in [3.63, 3.8) is 0 Å². The maximum absolute atomic E-state index is 12.6. The second kappa shape index (κ2) is 8.71. The van der Waals surface area contributed by atoms with E-state index in [9.17, 15) is 4.79 Å². The quantitative estimate of drug-likeness (QED) is 0.673. The molecule has 2 aromatic heterocycles. The molecule has 1 amide bonds. The smallest absolute Gasteiger partial charge is 0.229 e. The van der Waals surface area contributed by atoms with Gasteiger partial charge in [-0.3, -0.25) is 15.1 Å². The third-order valence-corrected chi connectivity index (χ3v) is 6.83. The number of anilines is 1. The fourth-order valence-electron chi connectivity index (χ4n) is 4.84. The first-order chi connectivity index (χ1) is 15.2. The van der Waals surface area contributed by atoms with Gasteiger partial charge in [-0.1, -0.05) is 25.0 Å². The maximum Gasteiger partial charge on any atom is 0.229 e. The molecule has 160 valence electrons. The SMILES string of the molecule is CN1CCC(C(=O)Nc2ncc3ccc(-c4cncc(C5CCCC5)c4)cc3n2)CC1. The van der Waals surface area contributed by atoms with Crippen LogP contribution in [0.5, 0.6) is 0 Å². The molecule has 5 rings (SSSR count). The lowest BCUT2D eigenvalue weighted by atomic mass is 9.96. The zero-order valence-corrected chi connectivity index (χ0v) is 18.1. The molecule has 1 saturated carbocycles. The second-order valence-corrected chi connectivity index (χ2v) is 9.02. The number of benzene rings is 1. The van der Waals surface area contributed by atoms with Crippen LogP contribution in [0.4, 0.5) is 5.95 Å². The van der Waals surface area contributed by atoms with Crippen molar-refractivity contribution < 1.29 is 4.79 Å². The van der Waals surface area contributed by atoms with E-state index in [4.69, 9.17) is 0 Å². The molecule has 0 spiro atoms. The Bertz CT molecular complexity index is 1080. The molecule has 0 atom stereocenters. The van der Waals surface area contributed by atoms with E-state index in [1.54, 1.807) is 6.20 Å². The number of hydrogen-bond donors (Lipinski definition) is 1. The lowest BCUT2D eigenvalue weighted by molar-refractivity contribution is -0.121. The molecule has 2 aliphatic rings. The molecule has 1 aromatic carbocycles. The molecule has 0 bridgehead atoms. The molecule has 1 aliphatic heterocycles. The highest BCUT2D eigenvalue weighted by atomic mass is 16.2. The summed E-state index contributed by atoms with van der Waals surface area (Å²) in [6.45, 7) is 1.90. The molecule has 1 aliphatic carbocycles. The number of aromatic nitrogens is 3. The highest BCUT2D eigenvalue weighted by Gasteiger charge is 2.24. The summed E-state index contributed by atoms with van der Waals surface area (Å²) < 4.78 is 0. The number of likely N-dealkylation sites (tertiary alicyclic amines) is 1. The Balaban J connectivity index is 1.37. The number of carbonyl (C=O) groups excluding carboxylic acids is 1. The van der Waals surface area contributed by atoms with Gasteiger partial charge in [0.2, 0.25) is 11.9 Å². The van der Waals surface area contributed by atoms with Gasteiger partial charge in [-0.25, -0.2) is 9.97 Å². The molecule has 6 heteroatoms. The number of hydrogen-bond acceptors (Lipinski definition) is 5. The van der Waals surface area contributed by atoms with Crippen LogP contribution in [0.3, 0.4) is 0 Å². The summed E-state index contributed by atoms with van der Waals surface area (Å²) in [5.41, 5.74) is 4.37. The Morgan fingerprint density at radius 3 is 2.61 bits per heavy atom. The Hall–Kier alpha value is -2.86. The minimum Gasteiger partial charge on any atom is -0.306 e. The summed E-state index contributed by atoms with van der Waals surface area (Å²) in [5, 5.41) is 3.89. The molecule has 0 unspecified atom stereocenters. The number of fused-ring (bicyclic) bond motifs is 1. The molecule has 3 aromatic rings. The summed E-state index contributed by atoms with van der Waals surface area (Å²) in [6, 6.07) is 8.47. The summed E-state index contributed by atoms with van der Waals surface area (Å²) in [5.74, 6) is 1.08. The minimum absolute atomic E-state index is 0.0251. The van der Waals surface area contributed by atoms with E-state index in [1.807, 2.05) is 18.5 Å². The van der Waals surface area contributed by atoms with Crippen LogP contribution in [0.1, 0.15) is 50.0 Å². The van der Waals surface area contributed by atoms with Crippen LogP contribution in [0.2, 0.25) is 0 Å². The van der Waals surface area contributed by atoms with Gasteiger partial charge in [0.05, 0.1) is 5.52 Å². The van der Waals surface area contributed by atoms with Gasteiger partial charge >= 0.3 is 0 Å². The average molecular weight is 416 g/mol. The second-order valence-electron chi connectivity index (χ2n) is 9.02. The van der Waals surface area contributed by atoms with Gasteiger partial charge in [0.15, 0.2) is 0 Å². The van der Waals surface area contributed by atoms with Crippen LogP contribution in [0, 0.1) is 5.92 Å². The van der Waals surface area contributed by atoms with Gasteiger partial charge in [0.25, 0.3) is 0 Å². The minimum atomic E-state index is 0.0251. The van der Waals surface area contributed by atoms with E-state index in [0.717, 1.165) is 48.0 Å². The van der Waals surface area contributed by atoms with Crippen LogP contribution < -0.4 is 5.32 Å². The molecular formula is C25H29N5O. The van der Waals surface area contributed by atoms with E-state index in [0.29, 0.717) is 11.9 Å². The van der Waals surface area contributed by atoms with E-state index in [2.05, 4.69) is 50.4 Å². The van der Waals surface area contributed by atoms with Crippen LogP contribution >= 0.6 is 0 Å². The predicted molar refractivity (Wildman–Crippen MR) is 123 cm³/mol. The molecule has 31 heavy (non-hydrogen) atoms. The first kappa shape index (κ1) is 20.1. The van der Waals surface area contributed by atoms with Crippen molar-refractivity contribution in [1.82, 2.24) is 19.9 Å². The number of amides is 1. The van der Waals surface area contributed by atoms with Gasteiger partial charge in [0, 0.05) is 35.5 Å². The van der Waals surface area contributed by atoms with E-state index in [-0.39, 0.29) is 11.8 Å². The fraction of sp³-hybridized carbons (Fsp3) is 0.440. The van der Waals surface area contributed by atoms with Crippen LogP contribution in [-0.2, 0) is 4.79 Å². The van der Waals surface area contributed by atoms with Crippen LogP contribution in [-0.4, -0.2) is 45.9 Å². The van der Waals surface area contributed by atoms with Gasteiger partial charge in [-0.15, -0.1) is 0 Å². The molecule has 3 heterocycles. The van der Waals surface area contributed by atoms with Crippen molar-refractivity contribution in [1.29, 1.82) is 0 Å². The van der Waals surface area contributed by atoms with Crippen LogP contribution in [0.15, 0.2) is 42.9 Å². The normalized spacial score (nSPS) is 18.5. The van der Waals surface area contributed by atoms with E-state index < -0.39 is 0 Å². The van der Waals surface area contributed by atoms with Gasteiger partial charge < -0.3 is 4.90 Å². The summed E-state index contributed by atoms with van der Waals surface area (Å²) in [4.78, 5) is 28.4. The van der Waals surface area contributed by atoms with Gasteiger partial charge in [0.1, 0.15) is 0 Å². The first-order valence-electron chi connectivity index (χ1n) is 11.4. The summed E-state index contributed by atoms with van der Waals surface area (Å²) >= 11 is 0. The molecule has 1 N–H and O–H groups in total. The topological polar surface area (TPSA) is 71.0 Å². The Morgan fingerprint density at radius 1 is 1.00 bits per heavy atom. The average Bonchev–Trinajstić information content (AvgIpc) is 3.34. The molecular weight excluding hydrogens is 386 g/mol. The number of nitrogens with zero attached hydrogens (tertiary/aromatic N) is 4. The largest absolute Gasteiger partial charge is 0.306 e. The fourth-order valence-corrected chi connectivity index (χ4v) is 4.84. The Kier molecular flexibility index (Phi) is 5.64. The summed E-state index contributed by atoms with van der Waals surface area (Å²) in [7, 11) is 2.09. The molecule has 2 fully saturated rings.